The maximum absolute atomic E-state index is 12.6. The van der Waals surface area contributed by atoms with E-state index in [4.69, 9.17) is 19.9 Å². The molecule has 0 radical (unpaired) electrons. The predicted molar refractivity (Wildman–Crippen MR) is 115 cm³/mol. The smallest absolute Gasteiger partial charge is 0.236 e. The zero-order valence-electron chi connectivity index (χ0n) is 17.4. The molecule has 2 aliphatic rings. The lowest BCUT2D eigenvalue weighted by atomic mass is 9.71. The van der Waals surface area contributed by atoms with Crippen molar-refractivity contribution in [1.29, 1.82) is 0 Å². The van der Waals surface area contributed by atoms with Gasteiger partial charge in [-0.05, 0) is 47.9 Å². The Morgan fingerprint density at radius 1 is 0.968 bits per heavy atom. The van der Waals surface area contributed by atoms with E-state index in [2.05, 4.69) is 10.3 Å². The highest BCUT2D eigenvalue weighted by Gasteiger charge is 2.50. The number of anilines is 1. The third-order valence-corrected chi connectivity index (χ3v) is 6.40. The molecule has 160 valence electrons. The molecular weight excluding hydrogens is 398 g/mol. The zero-order chi connectivity index (χ0) is 21.9. The Morgan fingerprint density at radius 2 is 1.68 bits per heavy atom. The summed E-state index contributed by atoms with van der Waals surface area (Å²) in [7, 11) is 4.69. The first-order valence-corrected chi connectivity index (χ1v) is 10.0. The van der Waals surface area contributed by atoms with Crippen LogP contribution in [0.2, 0.25) is 0 Å². The second-order valence-corrected chi connectivity index (χ2v) is 7.94. The number of hydrogen-bond donors (Lipinski definition) is 3. The van der Waals surface area contributed by atoms with Crippen molar-refractivity contribution in [3.05, 3.63) is 47.2 Å². The van der Waals surface area contributed by atoms with Crippen molar-refractivity contribution < 1.29 is 23.8 Å². The third kappa shape index (κ3) is 2.74. The summed E-state index contributed by atoms with van der Waals surface area (Å²) in [4.78, 5) is 28.6. The molecule has 1 aliphatic carbocycles. The van der Waals surface area contributed by atoms with Crippen molar-refractivity contribution in [2.24, 2.45) is 5.92 Å². The van der Waals surface area contributed by atoms with E-state index in [1.807, 2.05) is 30.3 Å². The number of H-pyrrole nitrogens is 1. The number of aromatic nitrogens is 1. The van der Waals surface area contributed by atoms with Crippen LogP contribution in [0.4, 0.5) is 5.69 Å². The van der Waals surface area contributed by atoms with E-state index in [0.29, 0.717) is 29.4 Å². The Kier molecular flexibility index (Phi) is 4.32. The van der Waals surface area contributed by atoms with Gasteiger partial charge in [-0.15, -0.1) is 0 Å². The number of nitrogens with one attached hydrogen (secondary N) is 2. The van der Waals surface area contributed by atoms with Crippen molar-refractivity contribution in [1.82, 2.24) is 10.3 Å². The third-order valence-electron chi connectivity index (χ3n) is 6.40. The first-order valence-electron chi connectivity index (χ1n) is 10.0. The average molecular weight is 421 g/mol. The molecule has 31 heavy (non-hydrogen) atoms. The van der Waals surface area contributed by atoms with Gasteiger partial charge in [0.2, 0.25) is 17.6 Å². The molecule has 8 nitrogen and oxygen atoms in total. The van der Waals surface area contributed by atoms with E-state index in [9.17, 15) is 9.59 Å². The highest BCUT2D eigenvalue weighted by atomic mass is 16.5. The van der Waals surface area contributed by atoms with E-state index in [-0.39, 0.29) is 17.7 Å². The van der Waals surface area contributed by atoms with E-state index in [0.717, 1.165) is 27.7 Å². The summed E-state index contributed by atoms with van der Waals surface area (Å²) in [5, 5.41) is 3.44. The number of fused-ring (bicyclic) bond motifs is 5. The average Bonchev–Trinajstić information content (AvgIpc) is 3.28. The van der Waals surface area contributed by atoms with Gasteiger partial charge in [0.05, 0.1) is 33.2 Å². The summed E-state index contributed by atoms with van der Waals surface area (Å²) in [6.45, 7) is 0. The minimum Gasteiger partial charge on any atom is -0.493 e. The number of carbonyl (C=O) groups is 2. The molecule has 0 spiro atoms. The predicted octanol–water partition coefficient (Wildman–Crippen LogP) is 2.67. The fraction of sp³-hybridized carbons (Fsp3) is 0.304. The van der Waals surface area contributed by atoms with Crippen LogP contribution in [0.25, 0.3) is 10.9 Å². The Morgan fingerprint density at radius 3 is 2.32 bits per heavy atom. The number of imide groups is 1. The molecule has 1 saturated heterocycles. The molecule has 5 rings (SSSR count). The van der Waals surface area contributed by atoms with Gasteiger partial charge in [0.15, 0.2) is 11.5 Å². The molecule has 0 bridgehead atoms. The Labute approximate surface area is 178 Å². The van der Waals surface area contributed by atoms with Crippen molar-refractivity contribution in [2.45, 2.75) is 18.3 Å². The minimum atomic E-state index is -0.533. The first kappa shape index (κ1) is 19.3. The van der Waals surface area contributed by atoms with Crippen molar-refractivity contribution >= 4 is 28.4 Å². The van der Waals surface area contributed by atoms with Crippen LogP contribution in [0.5, 0.6) is 17.2 Å². The van der Waals surface area contributed by atoms with Crippen molar-refractivity contribution in [2.75, 3.05) is 27.1 Å². The standard InChI is InChI=1S/C23H23N3O5/c1-29-16-6-10(7-17(30-2)21(16)31-3)12-9-14-19(23(28)26-22(14)27)20-18(12)13-8-11(24)4-5-15(13)25-20/h4-8,12,14,19,25H,9,24H2,1-3H3,(H,26,27,28)/t12-,14-,19-/m1/s1. The monoisotopic (exact) mass is 421 g/mol. The SMILES string of the molecule is COc1cc([C@H]2C[C@H]3C(=O)NC(=O)[C@H]3c3[nH]c4ccc(N)cc4c32)cc(OC)c1OC. The number of ether oxygens (including phenoxy) is 3. The molecule has 2 heterocycles. The lowest BCUT2D eigenvalue weighted by Crippen LogP contribution is -2.26. The van der Waals surface area contributed by atoms with E-state index in [1.165, 1.54) is 0 Å². The number of aromatic amines is 1. The van der Waals surface area contributed by atoms with Crippen LogP contribution in [0.15, 0.2) is 30.3 Å². The zero-order valence-corrected chi connectivity index (χ0v) is 17.4. The van der Waals surface area contributed by atoms with Crippen LogP contribution < -0.4 is 25.3 Å². The number of methoxy groups -OCH3 is 3. The fourth-order valence-electron chi connectivity index (χ4n) is 5.05. The van der Waals surface area contributed by atoms with Gasteiger partial charge in [-0.25, -0.2) is 0 Å². The highest BCUT2D eigenvalue weighted by molar-refractivity contribution is 6.09. The van der Waals surface area contributed by atoms with Crippen molar-refractivity contribution in [3.63, 3.8) is 0 Å². The Hall–Kier alpha value is -3.68. The number of rotatable bonds is 4. The second-order valence-electron chi connectivity index (χ2n) is 7.94. The lowest BCUT2D eigenvalue weighted by molar-refractivity contribution is -0.125. The number of hydrogen-bond acceptors (Lipinski definition) is 6. The molecule has 2 amide bonds. The molecule has 1 aromatic heterocycles. The Balaban J connectivity index is 1.77. The second kappa shape index (κ2) is 6.94. The van der Waals surface area contributed by atoms with Gasteiger partial charge in [0.25, 0.3) is 0 Å². The van der Waals surface area contributed by atoms with Crippen LogP contribution in [-0.4, -0.2) is 38.1 Å². The van der Waals surface area contributed by atoms with Gasteiger partial charge in [0, 0.05) is 28.2 Å². The van der Waals surface area contributed by atoms with E-state index in [1.54, 1.807) is 21.3 Å². The van der Waals surface area contributed by atoms with Gasteiger partial charge >= 0.3 is 0 Å². The van der Waals surface area contributed by atoms with Crippen LogP contribution in [-0.2, 0) is 9.59 Å². The Bertz CT molecular complexity index is 1210. The maximum atomic E-state index is 12.6. The minimum absolute atomic E-state index is 0.169. The molecule has 4 N–H and O–H groups in total. The number of nitrogens with two attached hydrogens (primary N) is 1. The molecule has 0 saturated carbocycles. The van der Waals surface area contributed by atoms with Crippen LogP contribution in [0.3, 0.4) is 0 Å². The summed E-state index contributed by atoms with van der Waals surface area (Å²) >= 11 is 0. The van der Waals surface area contributed by atoms with Crippen molar-refractivity contribution in [3.8, 4) is 17.2 Å². The number of amides is 2. The molecule has 2 aromatic carbocycles. The molecule has 0 unspecified atom stereocenters. The van der Waals surface area contributed by atoms with Gasteiger partial charge in [0.1, 0.15) is 0 Å². The number of benzene rings is 2. The lowest BCUT2D eigenvalue weighted by Gasteiger charge is -2.30. The maximum Gasteiger partial charge on any atom is 0.236 e. The molecule has 1 aliphatic heterocycles. The molecular formula is C23H23N3O5. The van der Waals surface area contributed by atoms with Crippen LogP contribution >= 0.6 is 0 Å². The van der Waals surface area contributed by atoms with Crippen LogP contribution in [0, 0.1) is 5.92 Å². The molecule has 8 heteroatoms. The van der Waals surface area contributed by atoms with E-state index >= 15 is 0 Å². The molecule has 3 aromatic rings. The molecule has 3 atom stereocenters. The van der Waals surface area contributed by atoms with Gasteiger partial charge < -0.3 is 24.9 Å². The largest absolute Gasteiger partial charge is 0.493 e. The topological polar surface area (TPSA) is 116 Å². The normalized spacial score (nSPS) is 22.1. The highest BCUT2D eigenvalue weighted by Crippen LogP contribution is 2.52. The first-order chi connectivity index (χ1) is 15.0. The summed E-state index contributed by atoms with van der Waals surface area (Å²) in [5.41, 5.74) is 10.2. The van der Waals surface area contributed by atoms with Gasteiger partial charge in [-0.1, -0.05) is 0 Å². The summed E-state index contributed by atoms with van der Waals surface area (Å²) < 4.78 is 16.5. The number of nitrogen functional groups attached to an aromatic ring is 1. The summed E-state index contributed by atoms with van der Waals surface area (Å²) in [6, 6.07) is 9.42. The quantitative estimate of drug-likeness (QED) is 0.441. The van der Waals surface area contributed by atoms with E-state index < -0.39 is 11.8 Å². The van der Waals surface area contributed by atoms with Gasteiger partial charge in [-0.2, -0.15) is 0 Å². The summed E-state index contributed by atoms with van der Waals surface area (Å²) in [6.07, 6.45) is 0.482. The molecule has 1 fully saturated rings. The van der Waals surface area contributed by atoms with Crippen LogP contribution in [0.1, 0.15) is 35.1 Å². The van der Waals surface area contributed by atoms with Gasteiger partial charge in [-0.3, -0.25) is 14.9 Å². The fourth-order valence-corrected chi connectivity index (χ4v) is 5.05. The summed E-state index contributed by atoms with van der Waals surface area (Å²) in [5.74, 6) is -0.0882. The number of carbonyl (C=O) groups excluding carboxylic acids is 2.